The SMILES string of the molecule is O=S1(=O)CCC(SSC2CCS(=O)(=O)C2)C1. The lowest BCUT2D eigenvalue weighted by Gasteiger charge is -2.09. The van der Waals surface area contributed by atoms with Gasteiger partial charge >= 0.3 is 0 Å². The molecule has 0 spiro atoms. The van der Waals surface area contributed by atoms with Crippen molar-refractivity contribution in [2.45, 2.75) is 23.3 Å². The van der Waals surface area contributed by atoms with Crippen LogP contribution < -0.4 is 0 Å². The fraction of sp³-hybridized carbons (Fsp3) is 1.00. The first-order valence-electron chi connectivity index (χ1n) is 5.09. The van der Waals surface area contributed by atoms with E-state index in [1.54, 1.807) is 21.6 Å². The minimum atomic E-state index is -2.82. The van der Waals surface area contributed by atoms with Crippen molar-refractivity contribution in [2.75, 3.05) is 23.0 Å². The molecule has 2 saturated heterocycles. The Morgan fingerprint density at radius 2 is 1.12 bits per heavy atom. The van der Waals surface area contributed by atoms with Crippen molar-refractivity contribution < 1.29 is 16.8 Å². The van der Waals surface area contributed by atoms with Crippen LogP contribution >= 0.6 is 21.6 Å². The lowest BCUT2D eigenvalue weighted by atomic mass is 10.4. The Hall–Kier alpha value is 0.600. The van der Waals surface area contributed by atoms with Crippen molar-refractivity contribution in [3.05, 3.63) is 0 Å². The second-order valence-electron chi connectivity index (χ2n) is 4.24. The molecule has 0 radical (unpaired) electrons. The predicted octanol–water partition coefficient (Wildman–Crippen LogP) is 0.742. The largest absolute Gasteiger partial charge is 0.229 e. The van der Waals surface area contributed by atoms with E-state index in [9.17, 15) is 16.8 Å². The molecule has 2 rings (SSSR count). The Balaban J connectivity index is 1.77. The summed E-state index contributed by atoms with van der Waals surface area (Å²) >= 11 is 0. The number of rotatable bonds is 3. The van der Waals surface area contributed by atoms with Crippen molar-refractivity contribution in [1.82, 2.24) is 0 Å². The standard InChI is InChI=1S/C8H14O4S4/c9-15(10)3-1-7(5-15)13-14-8-2-4-16(11,12)6-8/h7-8H,1-6H2. The van der Waals surface area contributed by atoms with Gasteiger partial charge < -0.3 is 0 Å². The fourth-order valence-electron chi connectivity index (χ4n) is 1.83. The second-order valence-corrected chi connectivity index (χ2v) is 11.6. The smallest absolute Gasteiger partial charge is 0.151 e. The van der Waals surface area contributed by atoms with Gasteiger partial charge in [0.2, 0.25) is 0 Å². The van der Waals surface area contributed by atoms with E-state index in [2.05, 4.69) is 0 Å². The monoisotopic (exact) mass is 302 g/mol. The Bertz CT molecular complexity index is 408. The zero-order valence-corrected chi connectivity index (χ0v) is 11.9. The highest BCUT2D eigenvalue weighted by molar-refractivity contribution is 8.77. The van der Waals surface area contributed by atoms with Crippen molar-refractivity contribution >= 4 is 41.3 Å². The average Bonchev–Trinajstić information content (AvgIpc) is 2.66. The van der Waals surface area contributed by atoms with Crippen LogP contribution in [-0.2, 0) is 19.7 Å². The summed E-state index contributed by atoms with van der Waals surface area (Å²) in [7, 11) is -2.52. The Kier molecular flexibility index (Phi) is 3.83. The molecule has 0 aliphatic carbocycles. The molecule has 2 atom stereocenters. The summed E-state index contributed by atoms with van der Waals surface area (Å²) in [6, 6.07) is 0. The molecule has 2 aliphatic heterocycles. The summed E-state index contributed by atoms with van der Waals surface area (Å²) in [6.07, 6.45) is 1.42. The molecule has 0 aromatic heterocycles. The third-order valence-electron chi connectivity index (χ3n) is 2.71. The maximum absolute atomic E-state index is 11.2. The molecule has 0 aromatic carbocycles. The summed E-state index contributed by atoms with van der Waals surface area (Å²) < 4.78 is 44.9. The summed E-state index contributed by atoms with van der Waals surface area (Å²) in [6.45, 7) is 0. The molecule has 16 heavy (non-hydrogen) atoms. The molecule has 4 nitrogen and oxygen atoms in total. The zero-order valence-electron chi connectivity index (χ0n) is 8.66. The lowest BCUT2D eigenvalue weighted by molar-refractivity contribution is 0.600. The van der Waals surface area contributed by atoms with Crippen LogP contribution in [-0.4, -0.2) is 50.3 Å². The Labute approximate surface area is 104 Å². The first kappa shape index (κ1) is 13.0. The number of hydrogen-bond donors (Lipinski definition) is 0. The topological polar surface area (TPSA) is 68.3 Å². The van der Waals surface area contributed by atoms with Crippen LogP contribution in [0.2, 0.25) is 0 Å². The van der Waals surface area contributed by atoms with Crippen LogP contribution in [0.4, 0.5) is 0 Å². The minimum Gasteiger partial charge on any atom is -0.229 e. The summed E-state index contributed by atoms with van der Waals surface area (Å²) in [5, 5.41) is 0.302. The summed E-state index contributed by atoms with van der Waals surface area (Å²) in [4.78, 5) is 0. The van der Waals surface area contributed by atoms with Gasteiger partial charge in [-0.3, -0.25) is 0 Å². The van der Waals surface area contributed by atoms with Crippen LogP contribution in [0.15, 0.2) is 0 Å². The van der Waals surface area contributed by atoms with Gasteiger partial charge in [-0.15, -0.1) is 0 Å². The van der Waals surface area contributed by atoms with E-state index in [-0.39, 0.29) is 33.5 Å². The van der Waals surface area contributed by atoms with Crippen LogP contribution in [0.1, 0.15) is 12.8 Å². The van der Waals surface area contributed by atoms with E-state index in [0.717, 1.165) is 0 Å². The van der Waals surface area contributed by atoms with E-state index < -0.39 is 19.7 Å². The summed E-state index contributed by atoms with van der Waals surface area (Å²) in [5.41, 5.74) is 0. The third-order valence-corrected chi connectivity index (χ3v) is 10.1. The Morgan fingerprint density at radius 1 is 0.750 bits per heavy atom. The highest BCUT2D eigenvalue weighted by Gasteiger charge is 2.32. The van der Waals surface area contributed by atoms with Crippen LogP contribution in [0.5, 0.6) is 0 Å². The predicted molar refractivity (Wildman–Crippen MR) is 69.3 cm³/mol. The van der Waals surface area contributed by atoms with E-state index in [4.69, 9.17) is 0 Å². The Morgan fingerprint density at radius 3 is 1.38 bits per heavy atom. The summed E-state index contributed by atoms with van der Waals surface area (Å²) in [5.74, 6) is 1.08. The molecule has 0 N–H and O–H groups in total. The van der Waals surface area contributed by atoms with Gasteiger partial charge in [0.15, 0.2) is 19.7 Å². The normalized spacial score (nSPS) is 36.5. The van der Waals surface area contributed by atoms with Gasteiger partial charge in [-0.1, -0.05) is 21.6 Å². The molecular weight excluding hydrogens is 288 g/mol. The molecule has 0 bridgehead atoms. The van der Waals surface area contributed by atoms with Crippen molar-refractivity contribution in [3.63, 3.8) is 0 Å². The quantitative estimate of drug-likeness (QED) is 0.716. The highest BCUT2D eigenvalue weighted by atomic mass is 33.1. The molecular formula is C8H14O4S4. The van der Waals surface area contributed by atoms with Gasteiger partial charge in [0.05, 0.1) is 23.0 Å². The van der Waals surface area contributed by atoms with Crippen molar-refractivity contribution in [2.24, 2.45) is 0 Å². The van der Waals surface area contributed by atoms with Crippen LogP contribution in [0.25, 0.3) is 0 Å². The van der Waals surface area contributed by atoms with E-state index >= 15 is 0 Å². The second kappa shape index (κ2) is 4.70. The van der Waals surface area contributed by atoms with Crippen molar-refractivity contribution in [3.8, 4) is 0 Å². The fourth-order valence-corrected chi connectivity index (χ4v) is 10.2. The van der Waals surface area contributed by atoms with Gasteiger partial charge in [-0.2, -0.15) is 0 Å². The number of sulfone groups is 2. The molecule has 0 amide bonds. The van der Waals surface area contributed by atoms with Gasteiger partial charge in [0, 0.05) is 10.5 Å². The lowest BCUT2D eigenvalue weighted by Crippen LogP contribution is -2.08. The van der Waals surface area contributed by atoms with E-state index in [1.165, 1.54) is 0 Å². The molecule has 2 heterocycles. The van der Waals surface area contributed by atoms with Crippen LogP contribution in [0.3, 0.4) is 0 Å². The molecule has 0 aromatic rings. The molecule has 0 saturated carbocycles. The van der Waals surface area contributed by atoms with Gasteiger partial charge in [-0.05, 0) is 12.8 Å². The van der Waals surface area contributed by atoms with Crippen molar-refractivity contribution in [1.29, 1.82) is 0 Å². The maximum Gasteiger partial charge on any atom is 0.151 e. The van der Waals surface area contributed by atoms with E-state index in [1.807, 2.05) is 0 Å². The van der Waals surface area contributed by atoms with Gasteiger partial charge in [0.25, 0.3) is 0 Å². The molecule has 2 aliphatic rings. The minimum absolute atomic E-state index is 0.151. The zero-order chi connectivity index (χ0) is 11.8. The molecule has 8 heteroatoms. The number of hydrogen-bond acceptors (Lipinski definition) is 6. The maximum atomic E-state index is 11.2. The van der Waals surface area contributed by atoms with Gasteiger partial charge in [-0.25, -0.2) is 16.8 Å². The van der Waals surface area contributed by atoms with Crippen LogP contribution in [0, 0.1) is 0 Å². The highest BCUT2D eigenvalue weighted by Crippen LogP contribution is 2.39. The first-order chi connectivity index (χ1) is 7.36. The molecule has 2 fully saturated rings. The average molecular weight is 302 g/mol. The third kappa shape index (κ3) is 3.54. The molecule has 2 unspecified atom stereocenters. The molecule has 94 valence electrons. The van der Waals surface area contributed by atoms with E-state index in [0.29, 0.717) is 12.8 Å². The van der Waals surface area contributed by atoms with Gasteiger partial charge in [0.1, 0.15) is 0 Å². The first-order valence-corrected chi connectivity index (χ1v) is 11.0.